The molecule has 24 nitrogen and oxygen atoms in total. The van der Waals surface area contributed by atoms with Crippen molar-refractivity contribution < 1.29 is 70.4 Å². The van der Waals surface area contributed by atoms with Crippen LogP contribution >= 0.6 is 11.6 Å². The molecule has 0 aliphatic carbocycles. The summed E-state index contributed by atoms with van der Waals surface area (Å²) in [4.78, 5) is 105. The average Bonchev–Trinajstić information content (AvgIpc) is 3.24. The van der Waals surface area contributed by atoms with Gasteiger partial charge in [0.25, 0.3) is 5.91 Å². The van der Waals surface area contributed by atoms with E-state index >= 15 is 0 Å². The molecule has 1 aromatic carbocycles. The fourth-order valence-corrected chi connectivity index (χ4v) is 7.88. The number of carbonyl (C=O) groups is 7. The third-order valence-corrected chi connectivity index (χ3v) is 12.0. The van der Waals surface area contributed by atoms with E-state index in [0.717, 1.165) is 16.7 Å². The lowest BCUT2D eigenvalue weighted by Crippen LogP contribution is -2.66. The number of hydrogen-bond donors (Lipinski definition) is 9. The minimum atomic E-state index is -5.13. The van der Waals surface area contributed by atoms with E-state index in [2.05, 4.69) is 30.4 Å². The SMILES string of the molecule is CC[C@H](C)[C@H]1C(=O)N(C)[C@@H](Cc2ccc(OC)c(Cl)c2)C(=O)N[C@@H](C(C)C)C(=O)O[C@H](C)[C@H](NC(=O)[C@H](O)COS(=O)(=O)O)C(=O)N[C@@H](CCCN=C(N)N)C(=O)N[C@H]2CC[C@@H](O)N1C2=O. The van der Waals surface area contributed by atoms with Crippen LogP contribution in [-0.2, 0) is 59.3 Å². The Morgan fingerprint density at radius 1 is 1.05 bits per heavy atom. The highest BCUT2D eigenvalue weighted by Gasteiger charge is 2.47. The van der Waals surface area contributed by atoms with Gasteiger partial charge in [-0.15, -0.1) is 0 Å². The van der Waals surface area contributed by atoms with E-state index in [0.29, 0.717) is 17.7 Å². The molecule has 2 aliphatic heterocycles. The van der Waals surface area contributed by atoms with Crippen molar-refractivity contribution in [3.05, 3.63) is 28.8 Å². The van der Waals surface area contributed by atoms with Crippen LogP contribution in [0.3, 0.4) is 0 Å². The van der Waals surface area contributed by atoms with E-state index in [1.54, 1.807) is 39.8 Å². The van der Waals surface area contributed by atoms with Crippen LogP contribution in [0.2, 0.25) is 5.02 Å². The molecule has 26 heteroatoms. The second kappa shape index (κ2) is 24.4. The zero-order valence-corrected chi connectivity index (χ0v) is 39.3. The Labute approximate surface area is 387 Å². The molecule has 2 bridgehead atoms. The Kier molecular flexibility index (Phi) is 20.4. The first-order chi connectivity index (χ1) is 30.8. The molecule has 0 aromatic heterocycles. The number of cyclic esters (lactones) is 1. The lowest BCUT2D eigenvalue weighted by atomic mass is 9.91. The number of ether oxygens (including phenoxy) is 2. The van der Waals surface area contributed by atoms with Gasteiger partial charge in [0.2, 0.25) is 29.5 Å². The highest BCUT2D eigenvalue weighted by atomic mass is 35.5. The highest BCUT2D eigenvalue weighted by Crippen LogP contribution is 2.29. The summed E-state index contributed by atoms with van der Waals surface area (Å²) in [5, 5.41) is 31.8. The van der Waals surface area contributed by atoms with Gasteiger partial charge in [0, 0.05) is 20.0 Å². The minimum absolute atomic E-state index is 0.0283. The Bertz CT molecular complexity index is 2080. The predicted molar refractivity (Wildman–Crippen MR) is 235 cm³/mol. The maximum Gasteiger partial charge on any atom is 0.397 e. The number of rotatable bonds is 15. The number of carbonyl (C=O) groups excluding carboxylic acids is 7. The maximum absolute atomic E-state index is 14.9. The van der Waals surface area contributed by atoms with Crippen molar-refractivity contribution in [1.82, 2.24) is 31.1 Å². The van der Waals surface area contributed by atoms with Crippen molar-refractivity contribution in [1.29, 1.82) is 0 Å². The van der Waals surface area contributed by atoms with E-state index < -0.39 is 125 Å². The molecule has 66 heavy (non-hydrogen) atoms. The van der Waals surface area contributed by atoms with Crippen LogP contribution < -0.4 is 37.5 Å². The van der Waals surface area contributed by atoms with Crippen molar-refractivity contribution in [3.63, 3.8) is 0 Å². The topological polar surface area (TPSA) is 361 Å². The molecule has 0 radical (unpaired) electrons. The predicted octanol–water partition coefficient (Wildman–Crippen LogP) is -2.15. The number of fused-ring (bicyclic) bond motifs is 2. The third-order valence-electron chi connectivity index (χ3n) is 11.2. The number of aliphatic imine (C=N–C) groups is 1. The number of nitrogens with zero attached hydrogens (tertiary/aromatic N) is 3. The van der Waals surface area contributed by atoms with Crippen LogP contribution in [0, 0.1) is 11.8 Å². The van der Waals surface area contributed by atoms with Gasteiger partial charge in [0.1, 0.15) is 60.9 Å². The molecule has 2 saturated heterocycles. The number of nitrogens with two attached hydrogens (primary N) is 2. The lowest BCUT2D eigenvalue weighted by molar-refractivity contribution is -0.168. The van der Waals surface area contributed by atoms with Crippen molar-refractivity contribution >= 4 is 69.4 Å². The Morgan fingerprint density at radius 3 is 2.29 bits per heavy atom. The van der Waals surface area contributed by atoms with E-state index in [1.807, 2.05) is 0 Å². The summed E-state index contributed by atoms with van der Waals surface area (Å²) in [6, 6.07) is -4.46. The van der Waals surface area contributed by atoms with Crippen molar-refractivity contribution in [3.8, 4) is 5.75 Å². The molecule has 2 heterocycles. The molecule has 1 aromatic rings. The first-order valence-corrected chi connectivity index (χ1v) is 22.9. The third kappa shape index (κ3) is 15.1. The van der Waals surface area contributed by atoms with Gasteiger partial charge in [0.15, 0.2) is 12.1 Å². The second-order valence-corrected chi connectivity index (χ2v) is 17.9. The van der Waals surface area contributed by atoms with Crippen LogP contribution in [0.5, 0.6) is 5.75 Å². The minimum Gasteiger partial charge on any atom is -0.495 e. The smallest absolute Gasteiger partial charge is 0.397 e. The molecule has 2 aliphatic rings. The monoisotopic (exact) mass is 975 g/mol. The fourth-order valence-electron chi connectivity index (χ4n) is 7.30. The molecule has 0 unspecified atom stereocenters. The molecule has 370 valence electrons. The number of nitrogens with one attached hydrogen (secondary N) is 4. The number of aliphatic hydroxyl groups is 2. The molecule has 10 atom stereocenters. The Hall–Kier alpha value is -5.34. The van der Waals surface area contributed by atoms with Crippen LogP contribution in [0.25, 0.3) is 0 Å². The molecule has 3 rings (SSSR count). The Morgan fingerprint density at radius 2 is 1.71 bits per heavy atom. The van der Waals surface area contributed by atoms with Crippen LogP contribution in [-0.4, -0.2) is 162 Å². The number of aliphatic hydroxyl groups excluding tert-OH is 2. The number of likely N-dealkylation sites (N-methyl/N-ethyl adjacent to an activating group) is 1. The summed E-state index contributed by atoms with van der Waals surface area (Å²) in [5.41, 5.74) is 11.4. The molecule has 6 amide bonds. The number of esters is 1. The lowest BCUT2D eigenvalue weighted by Gasteiger charge is -2.44. The second-order valence-electron chi connectivity index (χ2n) is 16.4. The summed E-state index contributed by atoms with van der Waals surface area (Å²) >= 11 is 6.44. The summed E-state index contributed by atoms with van der Waals surface area (Å²) < 4.78 is 46.3. The number of hydrogen-bond acceptors (Lipinski definition) is 15. The summed E-state index contributed by atoms with van der Waals surface area (Å²) in [7, 11) is -2.40. The molecule has 0 saturated carbocycles. The van der Waals surface area contributed by atoms with E-state index in [1.165, 1.54) is 20.2 Å². The molecule has 2 fully saturated rings. The van der Waals surface area contributed by atoms with Gasteiger partial charge >= 0.3 is 16.4 Å². The number of amides is 6. The van der Waals surface area contributed by atoms with E-state index in [-0.39, 0.29) is 49.6 Å². The number of guanidine groups is 1. The van der Waals surface area contributed by atoms with Gasteiger partial charge in [-0.25, -0.2) is 8.98 Å². The van der Waals surface area contributed by atoms with E-state index in [4.69, 9.17) is 37.1 Å². The summed E-state index contributed by atoms with van der Waals surface area (Å²) in [5.74, 6) is -8.49. The van der Waals surface area contributed by atoms with Crippen molar-refractivity contribution in [2.75, 3.05) is 27.3 Å². The van der Waals surface area contributed by atoms with Crippen LogP contribution in [0.1, 0.15) is 72.3 Å². The van der Waals surface area contributed by atoms with Gasteiger partial charge in [0.05, 0.1) is 12.1 Å². The highest BCUT2D eigenvalue weighted by molar-refractivity contribution is 7.80. The molecule has 11 N–H and O–H groups in total. The standard InChI is InChI=1S/C40H62ClN9O15S/c1-8-20(4)32-38(58)49(6)26(17-22-11-13-28(63-7)23(41)16-22)34(54)47-30(19(2)3)39(59)65-21(5)31(48-35(55)27(51)18-64-66(60,61)62)36(56)45-24(10-9-15-44-40(42)43)33(53)46-25-12-14-29(52)50(32)37(25)57/h11,13,16,19-21,24-27,29-32,51-52H,8-10,12,14-15,17-18H2,1-7H3,(H,45,56)(H,46,53)(H,47,54)(H,48,55)(H4,42,43,44)(H,60,61,62)/t20-,21+,24-,25-,26-,27+,29+,30-,31-,32-/m0/s1. The normalized spacial score (nSPS) is 26.1. The Balaban J connectivity index is 2.25. The molecular formula is C40H62ClN9O15S. The molecule has 0 spiro atoms. The van der Waals surface area contributed by atoms with E-state index in [9.17, 15) is 52.2 Å². The summed E-state index contributed by atoms with van der Waals surface area (Å²) in [6.07, 6.45) is -5.74. The first-order valence-electron chi connectivity index (χ1n) is 21.2. The maximum atomic E-state index is 14.9. The van der Waals surface area contributed by atoms with Gasteiger partial charge in [-0.05, 0) is 62.1 Å². The van der Waals surface area contributed by atoms with Gasteiger partial charge < -0.3 is 62.2 Å². The zero-order valence-electron chi connectivity index (χ0n) is 37.8. The largest absolute Gasteiger partial charge is 0.495 e. The van der Waals surface area contributed by atoms with Gasteiger partial charge in [-0.2, -0.15) is 8.42 Å². The zero-order chi connectivity index (χ0) is 49.8. The van der Waals surface area contributed by atoms with Crippen LogP contribution in [0.15, 0.2) is 23.2 Å². The first kappa shape index (κ1) is 55.0. The van der Waals surface area contributed by atoms with Gasteiger partial charge in [-0.1, -0.05) is 51.8 Å². The summed E-state index contributed by atoms with van der Waals surface area (Å²) in [6.45, 7) is 6.38. The number of methoxy groups -OCH3 is 1. The van der Waals surface area contributed by atoms with Crippen molar-refractivity contribution in [2.45, 2.75) is 128 Å². The quantitative estimate of drug-likeness (QED) is 0.0297. The number of benzene rings is 1. The molecular weight excluding hydrogens is 914 g/mol. The number of halogens is 1. The fraction of sp³-hybridized carbons (Fsp3) is 0.650. The van der Waals surface area contributed by atoms with Crippen molar-refractivity contribution in [2.24, 2.45) is 28.3 Å². The van der Waals surface area contributed by atoms with Crippen LogP contribution in [0.4, 0.5) is 0 Å². The average molecular weight is 977 g/mol. The van der Waals surface area contributed by atoms with Gasteiger partial charge in [-0.3, -0.25) is 38.3 Å². The number of piperidine rings is 1.